The molecule has 0 bridgehead atoms. The normalized spacial score (nSPS) is 24.0. The second-order valence-corrected chi connectivity index (χ2v) is 17.3. The van der Waals surface area contributed by atoms with E-state index in [9.17, 15) is 28.8 Å². The van der Waals surface area contributed by atoms with E-state index in [1.54, 1.807) is 34.6 Å². The predicted molar refractivity (Wildman–Crippen MR) is 183 cm³/mol. The summed E-state index contributed by atoms with van der Waals surface area (Å²) in [7, 11) is 0. The van der Waals surface area contributed by atoms with Crippen LogP contribution in [0.15, 0.2) is 30.3 Å². The van der Waals surface area contributed by atoms with Crippen LogP contribution in [0, 0.1) is 40.4 Å². The van der Waals surface area contributed by atoms with E-state index in [0.717, 1.165) is 18.4 Å². The molecule has 3 aliphatic carbocycles. The largest absolute Gasteiger partial charge is 0.453 e. The Morgan fingerprint density at radius 2 is 1.49 bits per heavy atom. The number of carbonyl (C=O) groups is 6. The Balaban J connectivity index is 1.45. The van der Waals surface area contributed by atoms with Gasteiger partial charge in [0.1, 0.15) is 17.7 Å². The molecule has 0 spiro atoms. The Bertz CT molecular complexity index is 1450. The lowest BCUT2D eigenvalue weighted by atomic mass is 9.74. The number of fused-ring (bicyclic) bond motifs is 1. The van der Waals surface area contributed by atoms with E-state index in [4.69, 9.17) is 9.47 Å². The molecule has 2 unspecified atom stereocenters. The van der Waals surface area contributed by atoms with Gasteiger partial charge < -0.3 is 25.4 Å². The van der Waals surface area contributed by atoms with Crippen LogP contribution in [-0.2, 0) is 39.0 Å². The fourth-order valence-corrected chi connectivity index (χ4v) is 7.42. The lowest BCUT2D eigenvalue weighted by Gasteiger charge is -2.35. The number of amides is 3. The van der Waals surface area contributed by atoms with Gasteiger partial charge in [-0.25, -0.2) is 4.79 Å². The number of carbonyl (C=O) groups excluding carboxylic acids is 6. The van der Waals surface area contributed by atoms with Gasteiger partial charge in [0.15, 0.2) is 5.78 Å². The molecular weight excluding hydrogens is 626 g/mol. The van der Waals surface area contributed by atoms with Gasteiger partial charge in [-0.1, -0.05) is 77.8 Å². The molecule has 4 rings (SSSR count). The molecule has 1 aromatic rings. The monoisotopic (exact) mass is 681 g/mol. The highest BCUT2D eigenvalue weighted by molar-refractivity contribution is 6.38. The molecule has 3 fully saturated rings. The van der Waals surface area contributed by atoms with Gasteiger partial charge in [-0.2, -0.15) is 0 Å². The van der Waals surface area contributed by atoms with E-state index < -0.39 is 76.7 Å². The number of hydrogen-bond acceptors (Lipinski definition) is 8. The Morgan fingerprint density at radius 3 is 2.04 bits per heavy atom. The van der Waals surface area contributed by atoms with Crippen LogP contribution in [0.5, 0.6) is 0 Å². The minimum absolute atomic E-state index is 0.0863. The van der Waals surface area contributed by atoms with Crippen molar-refractivity contribution >= 4 is 35.4 Å². The molecule has 6 atom stereocenters. The molecule has 270 valence electrons. The smallest absolute Gasteiger partial charge is 0.408 e. The van der Waals surface area contributed by atoms with Crippen LogP contribution in [0.3, 0.4) is 0 Å². The van der Waals surface area contributed by atoms with Crippen molar-refractivity contribution in [3.63, 3.8) is 0 Å². The molecule has 3 amide bonds. The minimum atomic E-state index is -1.10. The molecule has 3 N–H and O–H groups in total. The summed E-state index contributed by atoms with van der Waals surface area (Å²) in [5, 5.41) is 8.00. The average molecular weight is 682 g/mol. The standard InChI is InChI=1S/C38H55N3O8/c1-35(2,3)31(41-34(47)49-36(4,5)6)29(43)23-19-24-28(37(24,7)8)27(23)32(45)40-25(18-21-16-17-21)30(44)33(46)39-20-26(42)48-38(9,10)22-14-12-11-13-15-22/h11-15,21,23-25,27-28,31H,16-20H2,1-10H3,(H,39,46)(H,40,45)(H,41,47)/t23?,24-,25?,27-,28-,31+/m0/s1. The van der Waals surface area contributed by atoms with Gasteiger partial charge in [0.2, 0.25) is 11.7 Å². The summed E-state index contributed by atoms with van der Waals surface area (Å²) in [6.45, 7) is 17.9. The summed E-state index contributed by atoms with van der Waals surface area (Å²) in [5.41, 5.74) is -1.77. The topological polar surface area (TPSA) is 157 Å². The first-order chi connectivity index (χ1) is 22.5. The van der Waals surface area contributed by atoms with E-state index in [0.29, 0.717) is 6.42 Å². The fourth-order valence-electron chi connectivity index (χ4n) is 7.42. The number of Topliss-reactive ketones (excluding diaryl/α,β-unsaturated/α-hetero) is 2. The lowest BCUT2D eigenvalue weighted by Crippen LogP contribution is -2.55. The number of nitrogens with one attached hydrogen (secondary N) is 3. The lowest BCUT2D eigenvalue weighted by molar-refractivity contribution is -0.157. The van der Waals surface area contributed by atoms with E-state index in [-0.39, 0.29) is 35.4 Å². The summed E-state index contributed by atoms with van der Waals surface area (Å²) >= 11 is 0. The Morgan fingerprint density at radius 1 is 0.878 bits per heavy atom. The van der Waals surface area contributed by atoms with Crippen molar-refractivity contribution < 1.29 is 38.2 Å². The predicted octanol–water partition coefficient (Wildman–Crippen LogP) is 4.85. The molecule has 3 aliphatic rings. The Kier molecular flexibility index (Phi) is 10.8. The summed E-state index contributed by atoms with van der Waals surface area (Å²) in [4.78, 5) is 80.3. The van der Waals surface area contributed by atoms with Crippen LogP contribution in [0.1, 0.15) is 100 Å². The van der Waals surface area contributed by atoms with Crippen LogP contribution in [0.25, 0.3) is 0 Å². The van der Waals surface area contributed by atoms with Gasteiger partial charge in [-0.05, 0) is 81.6 Å². The highest BCUT2D eigenvalue weighted by atomic mass is 16.6. The zero-order valence-electron chi connectivity index (χ0n) is 30.7. The highest BCUT2D eigenvalue weighted by Gasteiger charge is 2.70. The number of rotatable bonds is 13. The molecule has 0 aliphatic heterocycles. The molecule has 0 saturated heterocycles. The number of ether oxygens (including phenoxy) is 2. The Hall–Kier alpha value is -3.76. The van der Waals surface area contributed by atoms with Crippen molar-refractivity contribution in [1.82, 2.24) is 16.0 Å². The second-order valence-electron chi connectivity index (χ2n) is 17.3. The number of alkyl carbamates (subject to hydrolysis) is 1. The summed E-state index contributed by atoms with van der Waals surface area (Å²) < 4.78 is 11.0. The zero-order valence-corrected chi connectivity index (χ0v) is 30.7. The van der Waals surface area contributed by atoms with Gasteiger partial charge in [0, 0.05) is 5.92 Å². The molecule has 49 heavy (non-hydrogen) atoms. The third kappa shape index (κ3) is 9.28. The average Bonchev–Trinajstić information content (AvgIpc) is 3.84. The second kappa shape index (κ2) is 13.9. The van der Waals surface area contributed by atoms with Gasteiger partial charge in [-0.15, -0.1) is 0 Å². The number of hydrogen-bond donors (Lipinski definition) is 3. The molecule has 0 heterocycles. The molecule has 3 saturated carbocycles. The van der Waals surface area contributed by atoms with Crippen molar-refractivity contribution in [2.24, 2.45) is 40.4 Å². The van der Waals surface area contributed by atoms with Crippen molar-refractivity contribution in [1.29, 1.82) is 0 Å². The fraction of sp³-hybridized carbons (Fsp3) is 0.684. The van der Waals surface area contributed by atoms with Crippen molar-refractivity contribution in [3.8, 4) is 0 Å². The van der Waals surface area contributed by atoms with Crippen LogP contribution < -0.4 is 16.0 Å². The number of esters is 1. The third-order valence-corrected chi connectivity index (χ3v) is 10.3. The van der Waals surface area contributed by atoms with Gasteiger partial charge >= 0.3 is 12.1 Å². The quantitative estimate of drug-likeness (QED) is 0.197. The van der Waals surface area contributed by atoms with Crippen molar-refractivity contribution in [2.45, 2.75) is 118 Å². The van der Waals surface area contributed by atoms with Gasteiger partial charge in [-0.3, -0.25) is 24.0 Å². The summed E-state index contributed by atoms with van der Waals surface area (Å²) in [6.07, 6.45) is 1.83. The summed E-state index contributed by atoms with van der Waals surface area (Å²) in [5.74, 6) is -4.42. The minimum Gasteiger partial charge on any atom is -0.453 e. The van der Waals surface area contributed by atoms with E-state index in [2.05, 4.69) is 29.8 Å². The Labute approximate surface area is 290 Å². The first kappa shape index (κ1) is 38.0. The zero-order chi connectivity index (χ0) is 36.7. The van der Waals surface area contributed by atoms with Crippen LogP contribution in [-0.4, -0.2) is 59.7 Å². The van der Waals surface area contributed by atoms with Crippen molar-refractivity contribution in [3.05, 3.63) is 35.9 Å². The first-order valence-corrected chi connectivity index (χ1v) is 17.5. The van der Waals surface area contributed by atoms with Crippen molar-refractivity contribution in [2.75, 3.05) is 6.54 Å². The maximum atomic E-state index is 14.2. The molecule has 0 radical (unpaired) electrons. The number of ketones is 2. The SMILES string of the molecule is CC(C)(C)OC(=O)N[C@H](C(=O)C1C[C@H]2[C@@H]([C@H]1C(=O)NC(CC1CC1)C(=O)C(=O)NCC(=O)OC(C)(C)c1ccccc1)C2(C)C)C(C)(C)C. The highest BCUT2D eigenvalue weighted by Crippen LogP contribution is 2.71. The van der Waals surface area contributed by atoms with E-state index in [1.165, 1.54) is 0 Å². The maximum absolute atomic E-state index is 14.2. The van der Waals surface area contributed by atoms with Crippen LogP contribution >= 0.6 is 0 Å². The maximum Gasteiger partial charge on any atom is 0.408 e. The molecule has 11 heteroatoms. The van der Waals surface area contributed by atoms with Gasteiger partial charge in [0.25, 0.3) is 5.91 Å². The first-order valence-electron chi connectivity index (χ1n) is 17.5. The molecular formula is C38H55N3O8. The molecule has 1 aromatic carbocycles. The van der Waals surface area contributed by atoms with Crippen LogP contribution in [0.2, 0.25) is 0 Å². The van der Waals surface area contributed by atoms with Gasteiger partial charge in [0.05, 0.1) is 18.0 Å². The van der Waals surface area contributed by atoms with E-state index in [1.807, 2.05) is 51.1 Å². The molecule has 0 aromatic heterocycles. The number of benzene rings is 1. The van der Waals surface area contributed by atoms with Crippen LogP contribution in [0.4, 0.5) is 4.79 Å². The third-order valence-electron chi connectivity index (χ3n) is 10.3. The molecule has 11 nitrogen and oxygen atoms in total. The summed E-state index contributed by atoms with van der Waals surface area (Å²) in [6, 6.07) is 7.15. The van der Waals surface area contributed by atoms with E-state index >= 15 is 0 Å².